The van der Waals surface area contributed by atoms with Crippen LogP contribution in [0.25, 0.3) is 0 Å². The Morgan fingerprint density at radius 1 is 1.10 bits per heavy atom. The molecule has 1 N–H and O–H groups in total. The number of halogens is 2. The van der Waals surface area contributed by atoms with Crippen molar-refractivity contribution in [3.63, 3.8) is 0 Å². The number of benzene rings is 2. The van der Waals surface area contributed by atoms with Gasteiger partial charge < -0.3 is 10.1 Å². The molecular formula is C16H13F2NO. The van der Waals surface area contributed by atoms with Crippen molar-refractivity contribution in [2.24, 2.45) is 0 Å². The molecule has 2 rings (SSSR count). The number of hydrogen-bond acceptors (Lipinski definition) is 2. The summed E-state index contributed by atoms with van der Waals surface area (Å²) in [4.78, 5) is 0. The van der Waals surface area contributed by atoms with Crippen LogP contribution in [0.5, 0.6) is 5.75 Å². The first-order valence-electron chi connectivity index (χ1n) is 6.04. The molecule has 0 atom stereocenters. The van der Waals surface area contributed by atoms with E-state index in [2.05, 4.69) is 11.2 Å². The zero-order valence-electron chi connectivity index (χ0n) is 10.7. The molecule has 0 saturated heterocycles. The van der Waals surface area contributed by atoms with Crippen LogP contribution in [-0.2, 0) is 6.54 Å². The molecule has 0 radical (unpaired) electrons. The van der Waals surface area contributed by atoms with Gasteiger partial charge >= 0.3 is 0 Å². The van der Waals surface area contributed by atoms with E-state index in [4.69, 9.17) is 11.2 Å². The number of nitrogens with one attached hydrogen (secondary N) is 1. The van der Waals surface area contributed by atoms with Gasteiger partial charge in [-0.05, 0) is 18.2 Å². The normalized spacial score (nSPS) is 9.85. The summed E-state index contributed by atoms with van der Waals surface area (Å²) in [6.45, 7) is 0.605. The number of para-hydroxylation sites is 1. The van der Waals surface area contributed by atoms with Crippen molar-refractivity contribution in [2.75, 3.05) is 11.9 Å². The summed E-state index contributed by atoms with van der Waals surface area (Å²) in [6, 6.07) is 11.1. The Hall–Kier alpha value is -2.54. The van der Waals surface area contributed by atoms with Gasteiger partial charge in [-0.1, -0.05) is 24.1 Å². The van der Waals surface area contributed by atoms with Gasteiger partial charge in [-0.3, -0.25) is 0 Å². The van der Waals surface area contributed by atoms with Crippen molar-refractivity contribution in [3.8, 4) is 18.1 Å². The van der Waals surface area contributed by atoms with E-state index in [-0.39, 0.29) is 6.61 Å². The number of rotatable bonds is 5. The second kappa shape index (κ2) is 6.58. The lowest BCUT2D eigenvalue weighted by molar-refractivity contribution is 0.366. The number of terminal acetylenes is 1. The maximum atomic E-state index is 13.1. The van der Waals surface area contributed by atoms with Crippen molar-refractivity contribution in [1.29, 1.82) is 0 Å². The largest absolute Gasteiger partial charge is 0.481 e. The topological polar surface area (TPSA) is 21.3 Å². The van der Waals surface area contributed by atoms with Crippen molar-refractivity contribution in [1.82, 2.24) is 0 Å². The third-order valence-electron chi connectivity index (χ3n) is 2.69. The highest BCUT2D eigenvalue weighted by molar-refractivity contribution is 5.45. The third kappa shape index (κ3) is 3.48. The molecule has 0 spiro atoms. The average molecular weight is 273 g/mol. The quantitative estimate of drug-likeness (QED) is 0.841. The highest BCUT2D eigenvalue weighted by Gasteiger charge is 2.05. The highest BCUT2D eigenvalue weighted by Crippen LogP contribution is 2.20. The number of hydrogen-bond donors (Lipinski definition) is 1. The molecule has 2 nitrogen and oxygen atoms in total. The summed E-state index contributed by atoms with van der Waals surface area (Å²) in [5, 5.41) is 3.01. The van der Waals surface area contributed by atoms with Crippen LogP contribution in [0, 0.1) is 24.0 Å². The Bertz CT molecular complexity index is 635. The summed E-state index contributed by atoms with van der Waals surface area (Å²) in [7, 11) is 0. The number of anilines is 1. The van der Waals surface area contributed by atoms with Crippen LogP contribution in [0.2, 0.25) is 0 Å². The van der Waals surface area contributed by atoms with Gasteiger partial charge in [-0.25, -0.2) is 8.78 Å². The first-order chi connectivity index (χ1) is 9.70. The fourth-order valence-electron chi connectivity index (χ4n) is 1.71. The van der Waals surface area contributed by atoms with E-state index < -0.39 is 11.6 Å². The van der Waals surface area contributed by atoms with Crippen molar-refractivity contribution < 1.29 is 13.5 Å². The van der Waals surface area contributed by atoms with Gasteiger partial charge in [0.2, 0.25) is 0 Å². The minimum atomic E-state index is -0.883. The van der Waals surface area contributed by atoms with E-state index in [1.165, 1.54) is 6.07 Å². The predicted molar refractivity (Wildman–Crippen MR) is 74.5 cm³/mol. The van der Waals surface area contributed by atoms with E-state index in [0.717, 1.165) is 17.7 Å². The first-order valence-corrected chi connectivity index (χ1v) is 6.04. The summed E-state index contributed by atoms with van der Waals surface area (Å²) in [5.41, 5.74) is 1.38. The van der Waals surface area contributed by atoms with E-state index in [9.17, 15) is 8.78 Å². The van der Waals surface area contributed by atoms with Crippen LogP contribution < -0.4 is 10.1 Å². The van der Waals surface area contributed by atoms with Crippen LogP contribution >= 0.6 is 0 Å². The molecule has 4 heteroatoms. The van der Waals surface area contributed by atoms with Crippen LogP contribution in [-0.4, -0.2) is 6.61 Å². The zero-order chi connectivity index (χ0) is 14.4. The van der Waals surface area contributed by atoms with Crippen LogP contribution in [0.15, 0.2) is 42.5 Å². The Balaban J connectivity index is 2.06. The SMILES string of the molecule is C#CCOc1ccccc1CNc1ccc(F)c(F)c1. The van der Waals surface area contributed by atoms with Gasteiger partial charge in [0, 0.05) is 23.9 Å². The lowest BCUT2D eigenvalue weighted by atomic mass is 10.2. The zero-order valence-corrected chi connectivity index (χ0v) is 10.7. The van der Waals surface area contributed by atoms with Gasteiger partial charge in [0.05, 0.1) is 0 Å². The fraction of sp³-hybridized carbons (Fsp3) is 0.125. The summed E-state index contributed by atoms with van der Waals surface area (Å²) >= 11 is 0. The molecule has 0 aliphatic rings. The Morgan fingerprint density at radius 3 is 2.65 bits per heavy atom. The van der Waals surface area contributed by atoms with Gasteiger partial charge in [0.1, 0.15) is 12.4 Å². The third-order valence-corrected chi connectivity index (χ3v) is 2.69. The van der Waals surface area contributed by atoms with Crippen molar-refractivity contribution in [3.05, 3.63) is 59.7 Å². The van der Waals surface area contributed by atoms with E-state index in [1.807, 2.05) is 18.2 Å². The maximum Gasteiger partial charge on any atom is 0.160 e. The Labute approximate surface area is 116 Å². The monoisotopic (exact) mass is 273 g/mol. The molecule has 0 saturated carbocycles. The molecule has 0 aliphatic heterocycles. The molecule has 0 aromatic heterocycles. The minimum absolute atomic E-state index is 0.183. The predicted octanol–water partition coefficient (Wildman–Crippen LogP) is 3.59. The smallest absolute Gasteiger partial charge is 0.160 e. The van der Waals surface area contributed by atoms with Gasteiger partial charge in [0.15, 0.2) is 11.6 Å². The molecule has 2 aromatic carbocycles. The molecule has 0 bridgehead atoms. The molecule has 0 amide bonds. The second-order valence-electron chi connectivity index (χ2n) is 4.08. The highest BCUT2D eigenvalue weighted by atomic mass is 19.2. The Morgan fingerprint density at radius 2 is 1.90 bits per heavy atom. The van der Waals surface area contributed by atoms with Gasteiger partial charge in [-0.15, -0.1) is 6.42 Å². The van der Waals surface area contributed by atoms with E-state index in [1.54, 1.807) is 6.07 Å². The maximum absolute atomic E-state index is 13.1. The Kier molecular flexibility index (Phi) is 4.56. The lowest BCUT2D eigenvalue weighted by Crippen LogP contribution is -2.04. The molecular weight excluding hydrogens is 260 g/mol. The van der Waals surface area contributed by atoms with Crippen LogP contribution in [0.4, 0.5) is 14.5 Å². The van der Waals surface area contributed by atoms with Crippen LogP contribution in [0.3, 0.4) is 0 Å². The fourth-order valence-corrected chi connectivity index (χ4v) is 1.71. The summed E-state index contributed by atoms with van der Waals surface area (Å²) < 4.78 is 31.3. The van der Waals surface area contributed by atoms with Crippen molar-refractivity contribution >= 4 is 5.69 Å². The molecule has 0 unspecified atom stereocenters. The van der Waals surface area contributed by atoms with E-state index >= 15 is 0 Å². The first kappa shape index (κ1) is 13.9. The molecule has 102 valence electrons. The van der Waals surface area contributed by atoms with Crippen LogP contribution in [0.1, 0.15) is 5.56 Å². The summed E-state index contributed by atoms with van der Waals surface area (Å²) in [5.74, 6) is 1.31. The number of ether oxygens (including phenoxy) is 1. The molecule has 0 heterocycles. The van der Waals surface area contributed by atoms with Crippen molar-refractivity contribution in [2.45, 2.75) is 6.54 Å². The minimum Gasteiger partial charge on any atom is -0.481 e. The van der Waals surface area contributed by atoms with Gasteiger partial charge in [-0.2, -0.15) is 0 Å². The molecule has 2 aromatic rings. The second-order valence-corrected chi connectivity index (χ2v) is 4.08. The molecule has 20 heavy (non-hydrogen) atoms. The average Bonchev–Trinajstić information content (AvgIpc) is 2.47. The molecule has 0 fully saturated rings. The standard InChI is InChI=1S/C16H13F2NO/c1-2-9-20-16-6-4-3-5-12(16)11-19-13-7-8-14(17)15(18)10-13/h1,3-8,10,19H,9,11H2. The summed E-state index contributed by atoms with van der Waals surface area (Å²) in [6.07, 6.45) is 5.15. The van der Waals surface area contributed by atoms with Gasteiger partial charge in [0.25, 0.3) is 0 Å². The lowest BCUT2D eigenvalue weighted by Gasteiger charge is -2.11. The van der Waals surface area contributed by atoms with E-state index in [0.29, 0.717) is 18.0 Å². The molecule has 0 aliphatic carbocycles.